The molecule has 0 aromatic heterocycles. The fourth-order valence-corrected chi connectivity index (χ4v) is 1.25. The smallest absolute Gasteiger partial charge is 0.405 e. The Kier molecular flexibility index (Phi) is 5.20. The SMILES string of the molecule is Nc1cc(C(=O)OCC(=O)NCC(F)(F)F)ccc1Cl. The van der Waals surface area contributed by atoms with Crippen LogP contribution in [0.4, 0.5) is 18.9 Å². The maximum Gasteiger partial charge on any atom is 0.405 e. The number of nitrogen functional groups attached to an aromatic ring is 1. The second-order valence-corrected chi connectivity index (χ2v) is 4.11. The third-order valence-corrected chi connectivity index (χ3v) is 2.40. The molecule has 0 radical (unpaired) electrons. The number of benzene rings is 1. The molecule has 0 aliphatic heterocycles. The number of rotatable bonds is 4. The van der Waals surface area contributed by atoms with Crippen molar-refractivity contribution in [2.45, 2.75) is 6.18 Å². The number of amides is 1. The van der Waals surface area contributed by atoms with E-state index in [0.29, 0.717) is 0 Å². The minimum Gasteiger partial charge on any atom is -0.452 e. The number of nitrogens with two attached hydrogens (primary N) is 1. The Labute approximate surface area is 116 Å². The van der Waals surface area contributed by atoms with Crippen molar-refractivity contribution in [3.05, 3.63) is 28.8 Å². The molecule has 1 aromatic carbocycles. The van der Waals surface area contributed by atoms with Gasteiger partial charge in [-0.3, -0.25) is 4.79 Å². The number of hydrogen-bond donors (Lipinski definition) is 2. The summed E-state index contributed by atoms with van der Waals surface area (Å²) < 4.78 is 40.0. The number of carbonyl (C=O) groups is 2. The Morgan fingerprint density at radius 2 is 2.00 bits per heavy atom. The van der Waals surface area contributed by atoms with E-state index >= 15 is 0 Å². The molecule has 0 spiro atoms. The molecule has 1 amide bonds. The molecule has 0 saturated carbocycles. The molecule has 3 N–H and O–H groups in total. The third-order valence-electron chi connectivity index (χ3n) is 2.05. The first kappa shape index (κ1) is 16.1. The number of alkyl halides is 3. The van der Waals surface area contributed by atoms with Crippen LogP contribution >= 0.6 is 11.6 Å². The molecular weight excluding hydrogens is 301 g/mol. The summed E-state index contributed by atoms with van der Waals surface area (Å²) in [5.74, 6) is -1.95. The van der Waals surface area contributed by atoms with E-state index in [4.69, 9.17) is 17.3 Å². The molecule has 0 atom stereocenters. The van der Waals surface area contributed by atoms with Crippen molar-refractivity contribution < 1.29 is 27.5 Å². The van der Waals surface area contributed by atoms with Crippen molar-refractivity contribution >= 4 is 29.2 Å². The van der Waals surface area contributed by atoms with Crippen molar-refractivity contribution in [2.24, 2.45) is 0 Å². The highest BCUT2D eigenvalue weighted by atomic mass is 35.5. The molecule has 1 aromatic rings. The van der Waals surface area contributed by atoms with Crippen molar-refractivity contribution in [3.63, 3.8) is 0 Å². The van der Waals surface area contributed by atoms with E-state index in [1.54, 1.807) is 5.32 Å². The number of halogens is 4. The summed E-state index contributed by atoms with van der Waals surface area (Å²) in [5, 5.41) is 1.80. The molecule has 5 nitrogen and oxygen atoms in total. The van der Waals surface area contributed by atoms with Gasteiger partial charge in [0.25, 0.3) is 5.91 Å². The highest BCUT2D eigenvalue weighted by molar-refractivity contribution is 6.33. The van der Waals surface area contributed by atoms with Crippen LogP contribution in [0.25, 0.3) is 0 Å². The highest BCUT2D eigenvalue weighted by Gasteiger charge is 2.27. The van der Waals surface area contributed by atoms with Crippen LogP contribution in [0.5, 0.6) is 0 Å². The van der Waals surface area contributed by atoms with Gasteiger partial charge < -0.3 is 15.8 Å². The van der Waals surface area contributed by atoms with Gasteiger partial charge in [-0.2, -0.15) is 13.2 Å². The summed E-state index contributed by atoms with van der Waals surface area (Å²) in [4.78, 5) is 22.5. The maximum absolute atomic E-state index is 11.8. The fourth-order valence-electron chi connectivity index (χ4n) is 1.13. The first-order valence-corrected chi connectivity index (χ1v) is 5.62. The van der Waals surface area contributed by atoms with E-state index in [1.165, 1.54) is 18.2 Å². The van der Waals surface area contributed by atoms with Gasteiger partial charge in [-0.1, -0.05) is 11.6 Å². The van der Waals surface area contributed by atoms with Crippen LogP contribution in [0.2, 0.25) is 5.02 Å². The minimum absolute atomic E-state index is 0.0375. The van der Waals surface area contributed by atoms with Crippen molar-refractivity contribution in [1.29, 1.82) is 0 Å². The summed E-state index contributed by atoms with van der Waals surface area (Å²) in [6.07, 6.45) is -4.52. The molecule has 0 unspecified atom stereocenters. The average molecular weight is 311 g/mol. The van der Waals surface area contributed by atoms with Gasteiger partial charge in [-0.05, 0) is 18.2 Å². The number of anilines is 1. The first-order valence-electron chi connectivity index (χ1n) is 5.24. The van der Waals surface area contributed by atoms with Crippen LogP contribution in [0.3, 0.4) is 0 Å². The summed E-state index contributed by atoms with van der Waals surface area (Å²) in [5.41, 5.74) is 5.64. The van der Waals surface area contributed by atoms with Gasteiger partial charge in [0.1, 0.15) is 6.54 Å². The van der Waals surface area contributed by atoms with E-state index in [9.17, 15) is 22.8 Å². The van der Waals surface area contributed by atoms with E-state index in [-0.39, 0.29) is 16.3 Å². The van der Waals surface area contributed by atoms with E-state index < -0.39 is 31.2 Å². The normalized spacial score (nSPS) is 11.0. The van der Waals surface area contributed by atoms with Crippen LogP contribution in [0, 0.1) is 0 Å². The molecule has 0 aliphatic carbocycles. The zero-order valence-electron chi connectivity index (χ0n) is 9.96. The van der Waals surface area contributed by atoms with Gasteiger partial charge in [0.15, 0.2) is 6.61 Å². The van der Waals surface area contributed by atoms with Crippen molar-refractivity contribution in [3.8, 4) is 0 Å². The topological polar surface area (TPSA) is 81.4 Å². The van der Waals surface area contributed by atoms with Gasteiger partial charge in [-0.15, -0.1) is 0 Å². The fraction of sp³-hybridized carbons (Fsp3) is 0.273. The molecule has 0 aliphatic rings. The quantitative estimate of drug-likeness (QED) is 0.656. The maximum atomic E-state index is 11.8. The monoisotopic (exact) mass is 310 g/mol. The first-order chi connectivity index (χ1) is 9.19. The van der Waals surface area contributed by atoms with Crippen molar-refractivity contribution in [1.82, 2.24) is 5.32 Å². The van der Waals surface area contributed by atoms with Crippen LogP contribution in [-0.4, -0.2) is 31.2 Å². The second kappa shape index (κ2) is 6.47. The van der Waals surface area contributed by atoms with E-state index in [1.807, 2.05) is 0 Å². The lowest BCUT2D eigenvalue weighted by Gasteiger charge is -2.09. The third kappa shape index (κ3) is 5.35. The number of ether oxygens (including phenoxy) is 1. The number of carbonyl (C=O) groups excluding carboxylic acids is 2. The highest BCUT2D eigenvalue weighted by Crippen LogP contribution is 2.19. The molecule has 1 rings (SSSR count). The summed E-state index contributed by atoms with van der Waals surface area (Å²) in [6, 6.07) is 3.91. The molecule has 9 heteroatoms. The zero-order chi connectivity index (χ0) is 15.3. The second-order valence-electron chi connectivity index (χ2n) is 3.70. The Balaban J connectivity index is 2.47. The van der Waals surface area contributed by atoms with E-state index in [0.717, 1.165) is 0 Å². The van der Waals surface area contributed by atoms with Gasteiger partial charge >= 0.3 is 12.1 Å². The van der Waals surface area contributed by atoms with Crippen LogP contribution in [0.1, 0.15) is 10.4 Å². The molecule has 110 valence electrons. The lowest BCUT2D eigenvalue weighted by molar-refractivity contribution is -0.140. The van der Waals surface area contributed by atoms with E-state index in [2.05, 4.69) is 4.74 Å². The number of hydrogen-bond acceptors (Lipinski definition) is 4. The van der Waals surface area contributed by atoms with Crippen LogP contribution < -0.4 is 11.1 Å². The predicted octanol–water partition coefficient (Wildman–Crippen LogP) is 1.76. The Hall–Kier alpha value is -1.96. The average Bonchev–Trinajstić information content (AvgIpc) is 2.36. The molecule has 20 heavy (non-hydrogen) atoms. The summed E-state index contributed by atoms with van der Waals surface area (Å²) in [7, 11) is 0. The summed E-state index contributed by atoms with van der Waals surface area (Å²) in [6.45, 7) is -2.31. The van der Waals surface area contributed by atoms with Crippen LogP contribution in [0.15, 0.2) is 18.2 Å². The minimum atomic E-state index is -4.52. The molecule has 0 saturated heterocycles. The number of nitrogens with one attached hydrogen (secondary N) is 1. The molecular formula is C11H10ClF3N2O3. The van der Waals surface area contributed by atoms with Gasteiger partial charge in [0, 0.05) is 0 Å². The zero-order valence-corrected chi connectivity index (χ0v) is 10.7. The Morgan fingerprint density at radius 1 is 1.35 bits per heavy atom. The summed E-state index contributed by atoms with van der Waals surface area (Å²) >= 11 is 5.65. The Bertz CT molecular complexity index is 520. The number of esters is 1. The molecule has 0 heterocycles. The largest absolute Gasteiger partial charge is 0.452 e. The lowest BCUT2D eigenvalue weighted by atomic mass is 10.2. The van der Waals surface area contributed by atoms with Gasteiger partial charge in [-0.25, -0.2) is 4.79 Å². The molecule has 0 bridgehead atoms. The molecule has 0 fully saturated rings. The Morgan fingerprint density at radius 3 is 2.55 bits per heavy atom. The van der Waals surface area contributed by atoms with Crippen LogP contribution in [-0.2, 0) is 9.53 Å². The van der Waals surface area contributed by atoms with Gasteiger partial charge in [0.05, 0.1) is 16.3 Å². The van der Waals surface area contributed by atoms with Gasteiger partial charge in [0.2, 0.25) is 0 Å². The predicted molar refractivity (Wildman–Crippen MR) is 65.2 cm³/mol. The van der Waals surface area contributed by atoms with Crippen molar-refractivity contribution in [2.75, 3.05) is 18.9 Å². The standard InChI is InChI=1S/C11H10ClF3N2O3/c12-7-2-1-6(3-8(7)16)10(19)20-4-9(18)17-5-11(13,14)15/h1-3H,4-5,16H2,(H,17,18). The lowest BCUT2D eigenvalue weighted by Crippen LogP contribution is -2.36.